The summed E-state index contributed by atoms with van der Waals surface area (Å²) in [5.41, 5.74) is 0. The molecule has 76 valence electrons. The molecule has 2 nitrogen and oxygen atoms in total. The third-order valence-corrected chi connectivity index (χ3v) is 3.38. The SMILES string of the molecule is CC(Br)C(=O)N1CCC(C)C(C)C1. The molecular weight excluding hydrogens is 230 g/mol. The van der Waals surface area contributed by atoms with E-state index in [0.717, 1.165) is 25.4 Å². The summed E-state index contributed by atoms with van der Waals surface area (Å²) in [5.74, 6) is 1.64. The van der Waals surface area contributed by atoms with Crippen molar-refractivity contribution in [2.45, 2.75) is 32.0 Å². The molecule has 0 bridgehead atoms. The van der Waals surface area contributed by atoms with Crippen molar-refractivity contribution in [2.24, 2.45) is 11.8 Å². The van der Waals surface area contributed by atoms with E-state index in [2.05, 4.69) is 29.8 Å². The number of carbonyl (C=O) groups excluding carboxylic acids is 1. The number of alkyl halides is 1. The first-order chi connectivity index (χ1) is 6.02. The number of nitrogens with zero attached hydrogens (tertiary/aromatic N) is 1. The van der Waals surface area contributed by atoms with E-state index < -0.39 is 0 Å². The Kier molecular flexibility index (Phi) is 3.77. The molecule has 1 aliphatic rings. The number of piperidine rings is 1. The Balaban J connectivity index is 2.50. The fourth-order valence-corrected chi connectivity index (χ4v) is 2.00. The van der Waals surface area contributed by atoms with E-state index in [4.69, 9.17) is 0 Å². The van der Waals surface area contributed by atoms with Gasteiger partial charge in [-0.3, -0.25) is 4.79 Å². The highest BCUT2D eigenvalue weighted by Gasteiger charge is 2.27. The van der Waals surface area contributed by atoms with Gasteiger partial charge >= 0.3 is 0 Å². The molecule has 1 fully saturated rings. The molecule has 0 radical (unpaired) electrons. The minimum atomic E-state index is -0.0342. The van der Waals surface area contributed by atoms with Crippen molar-refractivity contribution in [1.29, 1.82) is 0 Å². The van der Waals surface area contributed by atoms with E-state index in [9.17, 15) is 4.79 Å². The second kappa shape index (κ2) is 4.45. The summed E-state index contributed by atoms with van der Waals surface area (Å²) in [4.78, 5) is 13.6. The number of hydrogen-bond acceptors (Lipinski definition) is 1. The monoisotopic (exact) mass is 247 g/mol. The van der Waals surface area contributed by atoms with Crippen molar-refractivity contribution in [1.82, 2.24) is 4.90 Å². The predicted octanol–water partition coefficient (Wildman–Crippen LogP) is 2.27. The molecule has 0 spiro atoms. The lowest BCUT2D eigenvalue weighted by atomic mass is 9.88. The third kappa shape index (κ3) is 2.70. The molecule has 0 aromatic carbocycles. The summed E-state index contributed by atoms with van der Waals surface area (Å²) in [5, 5.41) is 0. The van der Waals surface area contributed by atoms with Gasteiger partial charge in [-0.25, -0.2) is 0 Å². The molecule has 1 saturated heterocycles. The van der Waals surface area contributed by atoms with Gasteiger partial charge in [-0.2, -0.15) is 0 Å². The van der Waals surface area contributed by atoms with Crippen molar-refractivity contribution in [3.05, 3.63) is 0 Å². The van der Waals surface area contributed by atoms with Crippen LogP contribution in [0.3, 0.4) is 0 Å². The minimum Gasteiger partial charge on any atom is -0.341 e. The maximum Gasteiger partial charge on any atom is 0.236 e. The van der Waals surface area contributed by atoms with E-state index in [1.165, 1.54) is 0 Å². The second-order valence-electron chi connectivity index (χ2n) is 4.14. The van der Waals surface area contributed by atoms with E-state index in [-0.39, 0.29) is 10.7 Å². The van der Waals surface area contributed by atoms with E-state index in [1.807, 2.05) is 11.8 Å². The minimum absolute atomic E-state index is 0.0342. The van der Waals surface area contributed by atoms with Gasteiger partial charge in [-0.05, 0) is 25.2 Å². The summed E-state index contributed by atoms with van der Waals surface area (Å²) in [7, 11) is 0. The molecule has 3 atom stereocenters. The molecule has 3 heteroatoms. The number of hydrogen-bond donors (Lipinski definition) is 0. The van der Waals surface area contributed by atoms with Crippen LogP contribution in [-0.2, 0) is 4.79 Å². The molecule has 0 N–H and O–H groups in total. The average Bonchev–Trinajstić information content (AvgIpc) is 2.08. The lowest BCUT2D eigenvalue weighted by molar-refractivity contribution is -0.132. The zero-order valence-corrected chi connectivity index (χ0v) is 10.2. The Morgan fingerprint density at radius 1 is 1.46 bits per heavy atom. The highest BCUT2D eigenvalue weighted by atomic mass is 79.9. The molecule has 3 unspecified atom stereocenters. The van der Waals surface area contributed by atoms with Crippen molar-refractivity contribution >= 4 is 21.8 Å². The van der Waals surface area contributed by atoms with Crippen LogP contribution in [0.5, 0.6) is 0 Å². The van der Waals surface area contributed by atoms with Crippen molar-refractivity contribution < 1.29 is 4.79 Å². The number of likely N-dealkylation sites (tertiary alicyclic amines) is 1. The fraction of sp³-hybridized carbons (Fsp3) is 0.900. The standard InChI is InChI=1S/C10H18BrNO/c1-7-4-5-12(6-8(7)2)10(13)9(3)11/h7-9H,4-6H2,1-3H3. The fourth-order valence-electron chi connectivity index (χ4n) is 1.71. The Bertz CT molecular complexity index is 193. The van der Waals surface area contributed by atoms with Gasteiger partial charge in [-0.15, -0.1) is 0 Å². The van der Waals surface area contributed by atoms with Gasteiger partial charge in [0.2, 0.25) is 5.91 Å². The number of rotatable bonds is 1. The Hall–Kier alpha value is -0.0500. The van der Waals surface area contributed by atoms with Gasteiger partial charge in [0.25, 0.3) is 0 Å². The van der Waals surface area contributed by atoms with Gasteiger partial charge in [0.15, 0.2) is 0 Å². The van der Waals surface area contributed by atoms with Crippen LogP contribution in [-0.4, -0.2) is 28.7 Å². The first kappa shape index (κ1) is 11.0. The Labute approximate surface area is 88.8 Å². The topological polar surface area (TPSA) is 20.3 Å². The van der Waals surface area contributed by atoms with Crippen LogP contribution in [0, 0.1) is 11.8 Å². The molecule has 13 heavy (non-hydrogen) atoms. The summed E-state index contributed by atoms with van der Waals surface area (Å²) in [6.07, 6.45) is 1.15. The largest absolute Gasteiger partial charge is 0.341 e. The summed E-state index contributed by atoms with van der Waals surface area (Å²) < 4.78 is 0. The van der Waals surface area contributed by atoms with Gasteiger partial charge in [-0.1, -0.05) is 29.8 Å². The highest BCUT2D eigenvalue weighted by molar-refractivity contribution is 9.10. The van der Waals surface area contributed by atoms with Crippen LogP contribution >= 0.6 is 15.9 Å². The number of amides is 1. The highest BCUT2D eigenvalue weighted by Crippen LogP contribution is 2.23. The normalized spacial score (nSPS) is 31.5. The second-order valence-corrected chi connectivity index (χ2v) is 5.52. The summed E-state index contributed by atoms with van der Waals surface area (Å²) in [6.45, 7) is 8.24. The maximum absolute atomic E-state index is 11.6. The first-order valence-electron chi connectivity index (χ1n) is 4.95. The Morgan fingerprint density at radius 3 is 2.54 bits per heavy atom. The van der Waals surface area contributed by atoms with E-state index in [1.54, 1.807) is 0 Å². The smallest absolute Gasteiger partial charge is 0.236 e. The number of carbonyl (C=O) groups is 1. The third-order valence-electron chi connectivity index (χ3n) is 2.99. The first-order valence-corrected chi connectivity index (χ1v) is 5.86. The lowest BCUT2D eigenvalue weighted by Crippen LogP contribution is -2.44. The molecule has 1 rings (SSSR count). The molecular formula is C10H18BrNO. The van der Waals surface area contributed by atoms with Gasteiger partial charge in [0, 0.05) is 13.1 Å². The van der Waals surface area contributed by atoms with E-state index >= 15 is 0 Å². The maximum atomic E-state index is 11.6. The van der Waals surface area contributed by atoms with Crippen molar-refractivity contribution in [2.75, 3.05) is 13.1 Å². The Morgan fingerprint density at radius 2 is 2.08 bits per heavy atom. The molecule has 0 saturated carbocycles. The lowest BCUT2D eigenvalue weighted by Gasteiger charge is -2.35. The van der Waals surface area contributed by atoms with E-state index in [0.29, 0.717) is 5.92 Å². The quantitative estimate of drug-likeness (QED) is 0.652. The average molecular weight is 248 g/mol. The van der Waals surface area contributed by atoms with Crippen LogP contribution < -0.4 is 0 Å². The molecule has 1 aliphatic heterocycles. The van der Waals surface area contributed by atoms with Crippen molar-refractivity contribution in [3.63, 3.8) is 0 Å². The van der Waals surface area contributed by atoms with Crippen LogP contribution in [0.1, 0.15) is 27.2 Å². The zero-order chi connectivity index (χ0) is 10.0. The molecule has 0 aliphatic carbocycles. The summed E-state index contributed by atoms with van der Waals surface area (Å²) in [6, 6.07) is 0. The summed E-state index contributed by atoms with van der Waals surface area (Å²) >= 11 is 3.32. The van der Waals surface area contributed by atoms with Crippen LogP contribution in [0.4, 0.5) is 0 Å². The molecule has 0 aromatic rings. The zero-order valence-electron chi connectivity index (χ0n) is 8.59. The van der Waals surface area contributed by atoms with Crippen LogP contribution in [0.2, 0.25) is 0 Å². The predicted molar refractivity (Wildman–Crippen MR) is 57.9 cm³/mol. The van der Waals surface area contributed by atoms with Gasteiger partial charge in [0.05, 0.1) is 4.83 Å². The van der Waals surface area contributed by atoms with Gasteiger partial charge in [0.1, 0.15) is 0 Å². The number of halogens is 1. The molecule has 0 aromatic heterocycles. The van der Waals surface area contributed by atoms with Gasteiger partial charge < -0.3 is 4.90 Å². The molecule has 1 heterocycles. The van der Waals surface area contributed by atoms with Crippen LogP contribution in [0.25, 0.3) is 0 Å². The molecule has 1 amide bonds. The van der Waals surface area contributed by atoms with Crippen LogP contribution in [0.15, 0.2) is 0 Å². The van der Waals surface area contributed by atoms with Crippen molar-refractivity contribution in [3.8, 4) is 0 Å².